The molecule has 0 N–H and O–H groups in total. The van der Waals surface area contributed by atoms with Crippen molar-refractivity contribution >= 4 is 14.2 Å². The number of aliphatic imine (C=N–C) groups is 1. The molecule has 2 nitrogen and oxygen atoms in total. The molecule has 1 unspecified atom stereocenters. The van der Waals surface area contributed by atoms with E-state index >= 15 is 0 Å². The highest BCUT2D eigenvalue weighted by Gasteiger charge is 2.39. The average molecular weight is 309 g/mol. The molecule has 1 aromatic carbocycles. The minimum absolute atomic E-state index is 0.0764. The van der Waals surface area contributed by atoms with Gasteiger partial charge in [0.25, 0.3) is 8.32 Å². The quantitative estimate of drug-likeness (QED) is 0.335. The fourth-order valence-electron chi connectivity index (χ4n) is 1.74. The second kappa shape index (κ2) is 4.83. The van der Waals surface area contributed by atoms with Gasteiger partial charge < -0.3 is 4.43 Å². The highest BCUT2D eigenvalue weighted by Crippen LogP contribution is 2.31. The lowest BCUT2D eigenvalue weighted by atomic mass is 10.1. The molecule has 2 rings (SSSR count). The summed E-state index contributed by atoms with van der Waals surface area (Å²) in [6, 6.07) is 0. The van der Waals surface area contributed by atoms with Crippen LogP contribution < -0.4 is 0 Å². The molecule has 0 saturated carbocycles. The molecule has 8 heteroatoms. The Labute approximate surface area is 113 Å². The standard InChI is InChI=1S/C12H12F5NOSi/c1-5-4-18-12(19-20(5,2)3)6-7(13)9(15)11(17)10(16)8(6)14/h5H,4H2,1-3H3. The van der Waals surface area contributed by atoms with Crippen LogP contribution in [0.25, 0.3) is 0 Å². The van der Waals surface area contributed by atoms with E-state index in [0.29, 0.717) is 0 Å². The Hall–Kier alpha value is -1.44. The summed E-state index contributed by atoms with van der Waals surface area (Å²) in [4.78, 5) is 3.80. The van der Waals surface area contributed by atoms with Crippen molar-refractivity contribution in [1.29, 1.82) is 0 Å². The molecule has 1 aromatic rings. The van der Waals surface area contributed by atoms with Crippen LogP contribution >= 0.6 is 0 Å². The Morgan fingerprint density at radius 2 is 1.40 bits per heavy atom. The molecule has 0 spiro atoms. The molecule has 1 aliphatic heterocycles. The van der Waals surface area contributed by atoms with Crippen molar-refractivity contribution in [2.75, 3.05) is 6.54 Å². The number of rotatable bonds is 1. The second-order valence-corrected chi connectivity index (χ2v) is 9.59. The topological polar surface area (TPSA) is 21.6 Å². The van der Waals surface area contributed by atoms with Crippen LogP contribution in [0.4, 0.5) is 22.0 Å². The van der Waals surface area contributed by atoms with Crippen molar-refractivity contribution in [3.8, 4) is 0 Å². The number of nitrogens with zero attached hydrogens (tertiary/aromatic N) is 1. The zero-order valence-electron chi connectivity index (χ0n) is 11.0. The van der Waals surface area contributed by atoms with Gasteiger partial charge >= 0.3 is 0 Å². The number of hydrogen-bond acceptors (Lipinski definition) is 2. The van der Waals surface area contributed by atoms with Crippen LogP contribution in [-0.2, 0) is 4.43 Å². The third kappa shape index (κ3) is 2.21. The molecule has 110 valence electrons. The monoisotopic (exact) mass is 309 g/mol. The molecule has 1 aliphatic rings. The van der Waals surface area contributed by atoms with Gasteiger partial charge in [0.15, 0.2) is 23.3 Å². The van der Waals surface area contributed by atoms with E-state index in [0.717, 1.165) is 0 Å². The summed E-state index contributed by atoms with van der Waals surface area (Å²) >= 11 is 0. The van der Waals surface area contributed by atoms with Crippen molar-refractivity contribution in [3.05, 3.63) is 34.6 Å². The van der Waals surface area contributed by atoms with Crippen molar-refractivity contribution in [3.63, 3.8) is 0 Å². The zero-order chi connectivity index (χ0) is 15.2. The van der Waals surface area contributed by atoms with E-state index in [9.17, 15) is 22.0 Å². The molecule has 0 bridgehead atoms. The SMILES string of the molecule is CC1CN=C(c2c(F)c(F)c(F)c(F)c2F)O[Si]1(C)C. The molecule has 0 fully saturated rings. The van der Waals surface area contributed by atoms with Crippen molar-refractivity contribution in [2.45, 2.75) is 25.6 Å². The Bertz CT molecular complexity index is 573. The zero-order valence-corrected chi connectivity index (χ0v) is 12.0. The number of halogens is 5. The van der Waals surface area contributed by atoms with Gasteiger partial charge in [0.1, 0.15) is 5.56 Å². The fourth-order valence-corrected chi connectivity index (χ4v) is 3.14. The summed E-state index contributed by atoms with van der Waals surface area (Å²) in [6.45, 7) is 5.68. The van der Waals surface area contributed by atoms with Crippen molar-refractivity contribution < 1.29 is 26.4 Å². The molecule has 0 amide bonds. The first-order valence-corrected chi connectivity index (χ1v) is 8.90. The van der Waals surface area contributed by atoms with Gasteiger partial charge in [-0.3, -0.25) is 4.99 Å². The average Bonchev–Trinajstić information content (AvgIpc) is 2.38. The highest BCUT2D eigenvalue weighted by atomic mass is 28.4. The van der Waals surface area contributed by atoms with Crippen LogP contribution in [0.2, 0.25) is 18.6 Å². The Morgan fingerprint density at radius 3 is 1.85 bits per heavy atom. The Kier molecular flexibility index (Phi) is 3.61. The first-order valence-electron chi connectivity index (χ1n) is 5.92. The van der Waals surface area contributed by atoms with Crippen LogP contribution in [0, 0.1) is 29.1 Å². The maximum atomic E-state index is 13.7. The maximum absolute atomic E-state index is 13.7. The minimum Gasteiger partial charge on any atom is -0.530 e. The van der Waals surface area contributed by atoms with Crippen LogP contribution in [0.3, 0.4) is 0 Å². The normalized spacial score (nSPS) is 21.4. The summed E-state index contributed by atoms with van der Waals surface area (Å²) in [5.74, 6) is -10.5. The van der Waals surface area contributed by atoms with E-state index < -0.39 is 48.9 Å². The van der Waals surface area contributed by atoms with Gasteiger partial charge in [-0.25, -0.2) is 22.0 Å². The lowest BCUT2D eigenvalue weighted by molar-refractivity contribution is 0.372. The van der Waals surface area contributed by atoms with Crippen molar-refractivity contribution in [2.24, 2.45) is 4.99 Å². The predicted octanol–water partition coefficient (Wildman–Crippen LogP) is 3.75. The van der Waals surface area contributed by atoms with Crippen LogP contribution in [0.5, 0.6) is 0 Å². The lowest BCUT2D eigenvalue weighted by Crippen LogP contribution is -2.43. The smallest absolute Gasteiger partial charge is 0.251 e. The molecule has 0 aromatic heterocycles. The van der Waals surface area contributed by atoms with E-state index in [1.54, 1.807) is 13.1 Å². The van der Waals surface area contributed by atoms with E-state index in [2.05, 4.69) is 4.99 Å². The Morgan fingerprint density at radius 1 is 0.950 bits per heavy atom. The molecule has 20 heavy (non-hydrogen) atoms. The molecular weight excluding hydrogens is 297 g/mol. The van der Waals surface area contributed by atoms with Crippen LogP contribution in [-0.4, -0.2) is 20.8 Å². The summed E-state index contributed by atoms with van der Waals surface area (Å²) < 4.78 is 72.1. The van der Waals surface area contributed by atoms with Gasteiger partial charge in [-0.05, 0) is 13.1 Å². The second-order valence-electron chi connectivity index (χ2n) is 5.20. The van der Waals surface area contributed by atoms with Gasteiger partial charge in [0.05, 0.1) is 0 Å². The number of hydrogen-bond donors (Lipinski definition) is 0. The van der Waals surface area contributed by atoms with Gasteiger partial charge in [-0.1, -0.05) is 6.92 Å². The molecule has 1 atom stereocenters. The number of benzene rings is 1. The van der Waals surface area contributed by atoms with E-state index in [-0.39, 0.29) is 12.1 Å². The first-order chi connectivity index (χ1) is 9.16. The predicted molar refractivity (Wildman–Crippen MR) is 65.6 cm³/mol. The van der Waals surface area contributed by atoms with Crippen LogP contribution in [0.1, 0.15) is 12.5 Å². The first kappa shape index (κ1) is 15.0. The van der Waals surface area contributed by atoms with Gasteiger partial charge in [-0.15, -0.1) is 0 Å². The summed E-state index contributed by atoms with van der Waals surface area (Å²) in [5.41, 5.74) is -1.01. The molecular formula is C12H12F5NOSi. The maximum Gasteiger partial charge on any atom is 0.251 e. The Balaban J connectivity index is 2.60. The van der Waals surface area contributed by atoms with E-state index in [4.69, 9.17) is 4.43 Å². The lowest BCUT2D eigenvalue weighted by Gasteiger charge is -2.34. The summed E-state index contributed by atoms with van der Waals surface area (Å²) in [7, 11) is -2.34. The summed E-state index contributed by atoms with van der Waals surface area (Å²) in [6.07, 6.45) is 0. The van der Waals surface area contributed by atoms with Gasteiger partial charge in [0.2, 0.25) is 11.7 Å². The molecule has 0 saturated heterocycles. The molecule has 0 radical (unpaired) electrons. The third-order valence-corrected chi connectivity index (χ3v) is 6.75. The summed E-state index contributed by atoms with van der Waals surface area (Å²) in [5, 5.41) is 0. The molecule has 1 heterocycles. The largest absolute Gasteiger partial charge is 0.530 e. The van der Waals surface area contributed by atoms with E-state index in [1.807, 2.05) is 6.92 Å². The van der Waals surface area contributed by atoms with Gasteiger partial charge in [0, 0.05) is 12.1 Å². The van der Waals surface area contributed by atoms with Crippen LogP contribution in [0.15, 0.2) is 4.99 Å². The third-order valence-electron chi connectivity index (χ3n) is 3.48. The fraction of sp³-hybridized carbons (Fsp3) is 0.417. The highest BCUT2D eigenvalue weighted by molar-refractivity contribution is 6.74. The van der Waals surface area contributed by atoms with Crippen molar-refractivity contribution in [1.82, 2.24) is 0 Å². The molecule has 0 aliphatic carbocycles. The minimum atomic E-state index is -2.34. The van der Waals surface area contributed by atoms with E-state index in [1.165, 1.54) is 0 Å². The van der Waals surface area contributed by atoms with Gasteiger partial charge in [-0.2, -0.15) is 0 Å².